The molecule has 21 heavy (non-hydrogen) atoms. The molecule has 1 unspecified atom stereocenters. The van der Waals surface area contributed by atoms with Crippen molar-refractivity contribution in [2.45, 2.75) is 5.38 Å². The topological polar surface area (TPSA) is 26.9 Å². The molecule has 0 saturated heterocycles. The molecule has 3 rings (SSSR count). The first-order valence-corrected chi connectivity index (χ1v) is 8.56. The maximum Gasteiger partial charge on any atom is 0.328 e. The van der Waals surface area contributed by atoms with E-state index in [0.29, 0.717) is 4.34 Å². The first-order valence-electron chi connectivity index (χ1n) is 6.14. The van der Waals surface area contributed by atoms with Gasteiger partial charge in [-0.15, -0.1) is 22.9 Å². The lowest BCUT2D eigenvalue weighted by Crippen LogP contribution is -2.19. The predicted octanol–water partition coefficient (Wildman–Crippen LogP) is 4.68. The maximum atomic E-state index is 12.0. The van der Waals surface area contributed by atoms with Gasteiger partial charge in [-0.05, 0) is 29.8 Å². The van der Waals surface area contributed by atoms with E-state index in [9.17, 15) is 4.79 Å². The van der Waals surface area contributed by atoms with Crippen LogP contribution in [0, 0.1) is 0 Å². The second kappa shape index (κ2) is 5.47. The molecule has 3 aromatic rings. The molecular formula is C14H11BrCl2N2OS. The second-order valence-electron chi connectivity index (χ2n) is 4.77. The molecule has 110 valence electrons. The van der Waals surface area contributed by atoms with Crippen LogP contribution >= 0.6 is 50.5 Å². The molecule has 0 aliphatic heterocycles. The van der Waals surface area contributed by atoms with Crippen LogP contribution in [0.15, 0.2) is 33.5 Å². The normalized spacial score (nSPS) is 13.0. The fraction of sp³-hybridized carbons (Fsp3) is 0.214. The van der Waals surface area contributed by atoms with Crippen molar-refractivity contribution in [1.29, 1.82) is 0 Å². The number of hydrogen-bond donors (Lipinski definition) is 0. The monoisotopic (exact) mass is 404 g/mol. The average molecular weight is 406 g/mol. The van der Waals surface area contributed by atoms with Gasteiger partial charge in [0.25, 0.3) is 0 Å². The Morgan fingerprint density at radius 2 is 1.81 bits per heavy atom. The molecular weight excluding hydrogens is 395 g/mol. The minimum atomic E-state index is -0.309. The highest BCUT2D eigenvalue weighted by molar-refractivity contribution is 9.10. The highest BCUT2D eigenvalue weighted by atomic mass is 79.9. The van der Waals surface area contributed by atoms with Crippen LogP contribution in [0.1, 0.15) is 15.8 Å². The zero-order valence-corrected chi connectivity index (χ0v) is 15.1. The molecule has 0 aliphatic carbocycles. The van der Waals surface area contributed by atoms with E-state index in [1.54, 1.807) is 23.2 Å². The number of hydrogen-bond acceptors (Lipinski definition) is 2. The molecule has 7 heteroatoms. The molecule has 1 atom stereocenters. The lowest BCUT2D eigenvalue weighted by molar-refractivity contribution is 0.795. The Morgan fingerprint density at radius 1 is 1.19 bits per heavy atom. The standard InChI is InChI=1S/C14H11BrCl2N2OS/c1-18-9-5-7(13(17)11-3-4-12(16)21-11)8(15)6-10(9)19(2)14(18)20/h3-6,13H,1-2H3. The maximum absolute atomic E-state index is 12.0. The molecule has 0 spiro atoms. The smallest absolute Gasteiger partial charge is 0.295 e. The summed E-state index contributed by atoms with van der Waals surface area (Å²) in [5, 5.41) is -0.309. The van der Waals surface area contributed by atoms with Crippen LogP contribution in [0.5, 0.6) is 0 Å². The molecule has 3 nitrogen and oxygen atoms in total. The van der Waals surface area contributed by atoms with Gasteiger partial charge < -0.3 is 0 Å². The van der Waals surface area contributed by atoms with Crippen LogP contribution in [-0.2, 0) is 14.1 Å². The molecule has 0 aliphatic rings. The Bertz CT molecular complexity index is 896. The van der Waals surface area contributed by atoms with Crippen LogP contribution in [0.2, 0.25) is 4.34 Å². The van der Waals surface area contributed by atoms with E-state index in [4.69, 9.17) is 23.2 Å². The number of halogens is 3. The van der Waals surface area contributed by atoms with Gasteiger partial charge in [0.15, 0.2) is 0 Å². The van der Waals surface area contributed by atoms with E-state index in [2.05, 4.69) is 15.9 Å². The largest absolute Gasteiger partial charge is 0.328 e. The van der Waals surface area contributed by atoms with E-state index in [1.807, 2.05) is 24.3 Å². The van der Waals surface area contributed by atoms with Crippen molar-refractivity contribution in [3.05, 3.63) is 54.0 Å². The van der Waals surface area contributed by atoms with Crippen LogP contribution in [-0.4, -0.2) is 9.13 Å². The summed E-state index contributed by atoms with van der Waals surface area (Å²) in [5.41, 5.74) is 2.59. The van der Waals surface area contributed by atoms with Crippen LogP contribution in [0.25, 0.3) is 11.0 Å². The molecule has 0 amide bonds. The summed E-state index contributed by atoms with van der Waals surface area (Å²) in [6.07, 6.45) is 0. The number of fused-ring (bicyclic) bond motifs is 1. The number of alkyl halides is 1. The summed E-state index contributed by atoms with van der Waals surface area (Å²) in [6, 6.07) is 7.63. The first-order chi connectivity index (χ1) is 9.90. The van der Waals surface area contributed by atoms with Crippen molar-refractivity contribution in [2.75, 3.05) is 0 Å². The molecule has 2 heterocycles. The number of benzene rings is 1. The Hall–Kier alpha value is -0.750. The molecule has 0 saturated carbocycles. The van der Waals surface area contributed by atoms with Gasteiger partial charge in [-0.1, -0.05) is 27.5 Å². The van der Waals surface area contributed by atoms with Crippen LogP contribution in [0.3, 0.4) is 0 Å². The third-order valence-electron chi connectivity index (χ3n) is 3.51. The summed E-state index contributed by atoms with van der Waals surface area (Å²) in [7, 11) is 3.52. The number of rotatable bonds is 2. The van der Waals surface area contributed by atoms with Gasteiger partial charge >= 0.3 is 5.69 Å². The van der Waals surface area contributed by atoms with Crippen molar-refractivity contribution in [1.82, 2.24) is 9.13 Å². The van der Waals surface area contributed by atoms with Crippen molar-refractivity contribution >= 4 is 61.5 Å². The van der Waals surface area contributed by atoms with Gasteiger partial charge in [-0.25, -0.2) is 4.79 Å². The van der Waals surface area contributed by atoms with E-state index in [0.717, 1.165) is 25.9 Å². The summed E-state index contributed by atoms with van der Waals surface area (Å²) < 4.78 is 4.83. The van der Waals surface area contributed by atoms with Crippen LogP contribution < -0.4 is 5.69 Å². The second-order valence-corrected chi connectivity index (χ2v) is 7.80. The zero-order valence-electron chi connectivity index (χ0n) is 11.2. The lowest BCUT2D eigenvalue weighted by Gasteiger charge is -2.11. The van der Waals surface area contributed by atoms with Gasteiger partial charge in [0.1, 0.15) is 0 Å². The quantitative estimate of drug-likeness (QED) is 0.568. The molecule has 0 bridgehead atoms. The SMILES string of the molecule is Cn1c(=O)n(C)c2cc(C(Cl)c3ccc(Cl)s3)c(Br)cc21. The fourth-order valence-corrected chi connectivity index (χ4v) is 4.48. The molecule has 0 N–H and O–H groups in total. The van der Waals surface area contributed by atoms with Gasteiger partial charge in [0, 0.05) is 23.4 Å². The number of aryl methyl sites for hydroxylation is 2. The number of imidazole rings is 1. The van der Waals surface area contributed by atoms with Gasteiger partial charge in [-0.2, -0.15) is 0 Å². The molecule has 0 radical (unpaired) electrons. The Kier molecular flexibility index (Phi) is 3.94. The molecule has 0 fully saturated rings. The first kappa shape index (κ1) is 15.2. The number of nitrogens with zero attached hydrogens (tertiary/aromatic N) is 2. The molecule has 2 aromatic heterocycles. The summed E-state index contributed by atoms with van der Waals surface area (Å²) >= 11 is 17.6. The van der Waals surface area contributed by atoms with E-state index in [-0.39, 0.29) is 11.1 Å². The summed E-state index contributed by atoms with van der Waals surface area (Å²) in [4.78, 5) is 13.0. The number of aromatic nitrogens is 2. The Labute approximate surface area is 143 Å². The van der Waals surface area contributed by atoms with E-state index in [1.165, 1.54) is 11.3 Å². The summed E-state index contributed by atoms with van der Waals surface area (Å²) in [5.74, 6) is 0. The minimum absolute atomic E-state index is 0.0562. The van der Waals surface area contributed by atoms with Crippen molar-refractivity contribution in [2.24, 2.45) is 14.1 Å². The van der Waals surface area contributed by atoms with Crippen molar-refractivity contribution in [3.63, 3.8) is 0 Å². The highest BCUT2D eigenvalue weighted by Crippen LogP contribution is 2.39. The zero-order chi connectivity index (χ0) is 15.3. The Balaban J connectivity index is 2.21. The van der Waals surface area contributed by atoms with E-state index >= 15 is 0 Å². The van der Waals surface area contributed by atoms with Crippen molar-refractivity contribution < 1.29 is 0 Å². The predicted molar refractivity (Wildman–Crippen MR) is 92.9 cm³/mol. The van der Waals surface area contributed by atoms with Crippen molar-refractivity contribution in [3.8, 4) is 0 Å². The highest BCUT2D eigenvalue weighted by Gasteiger charge is 2.19. The number of thiophene rings is 1. The van der Waals surface area contributed by atoms with Gasteiger partial charge in [-0.3, -0.25) is 9.13 Å². The lowest BCUT2D eigenvalue weighted by atomic mass is 10.1. The third-order valence-corrected chi connectivity index (χ3v) is 6.09. The minimum Gasteiger partial charge on any atom is -0.295 e. The average Bonchev–Trinajstić information content (AvgIpc) is 2.97. The van der Waals surface area contributed by atoms with Gasteiger partial charge in [0.05, 0.1) is 20.7 Å². The van der Waals surface area contributed by atoms with Crippen LogP contribution in [0.4, 0.5) is 0 Å². The fourth-order valence-electron chi connectivity index (χ4n) is 2.35. The molecule has 1 aromatic carbocycles. The summed E-state index contributed by atoms with van der Waals surface area (Å²) in [6.45, 7) is 0. The van der Waals surface area contributed by atoms with Gasteiger partial charge in [0.2, 0.25) is 0 Å². The van der Waals surface area contributed by atoms with E-state index < -0.39 is 0 Å². The Morgan fingerprint density at radius 3 is 2.38 bits per heavy atom. The third kappa shape index (κ3) is 2.46.